The van der Waals surface area contributed by atoms with Gasteiger partial charge in [-0.25, -0.2) is 4.99 Å². The Balaban J connectivity index is 1.45. The molecule has 1 aliphatic carbocycles. The molecule has 33 heavy (non-hydrogen) atoms. The summed E-state index contributed by atoms with van der Waals surface area (Å²) >= 11 is 0. The van der Waals surface area contributed by atoms with Crippen molar-refractivity contribution in [1.29, 1.82) is 0 Å². The van der Waals surface area contributed by atoms with Crippen LogP contribution in [0.1, 0.15) is 0 Å². The molecule has 0 aromatic heterocycles. The maximum atomic E-state index is 11.5. The average molecular weight is 481 g/mol. The highest BCUT2D eigenvalue weighted by Crippen LogP contribution is 2.58. The molecule has 6 rings (SSSR count). The molecule has 3 unspecified atom stereocenters. The normalized spacial score (nSPS) is 59.7. The summed E-state index contributed by atoms with van der Waals surface area (Å²) < 4.78 is 21.4. The summed E-state index contributed by atoms with van der Waals surface area (Å²) in [5.74, 6) is -4.35. The van der Waals surface area contributed by atoms with Crippen LogP contribution in [0.25, 0.3) is 0 Å². The van der Waals surface area contributed by atoms with Gasteiger partial charge in [-0.05, 0) is 0 Å². The van der Waals surface area contributed by atoms with Crippen molar-refractivity contribution in [3.8, 4) is 0 Å². The van der Waals surface area contributed by atoms with Crippen LogP contribution in [-0.4, -0.2) is 144 Å². The third-order valence-corrected chi connectivity index (χ3v) is 7.29. The summed E-state index contributed by atoms with van der Waals surface area (Å²) in [4.78, 5) is 3.75. The number of nitrogens with zero attached hydrogens (tertiary/aromatic N) is 1. The van der Waals surface area contributed by atoms with Gasteiger partial charge in [0, 0.05) is 0 Å². The molecule has 12 N–H and O–H groups in total. The summed E-state index contributed by atoms with van der Waals surface area (Å²) in [5.41, 5.74) is 1.47. The van der Waals surface area contributed by atoms with E-state index in [1.807, 2.05) is 0 Å². The Morgan fingerprint density at radius 3 is 2.33 bits per heavy atom. The van der Waals surface area contributed by atoms with Crippen molar-refractivity contribution >= 4 is 5.96 Å². The number of aliphatic hydroxyl groups is 9. The van der Waals surface area contributed by atoms with E-state index in [0.717, 1.165) is 0 Å². The van der Waals surface area contributed by atoms with Crippen LogP contribution < -0.4 is 11.1 Å². The molecule has 16 heteroatoms. The monoisotopic (exact) mass is 481 g/mol. The molecule has 0 radical (unpaired) electrons. The minimum atomic E-state index is -2.68. The van der Waals surface area contributed by atoms with Gasteiger partial charge in [0.2, 0.25) is 0 Å². The van der Waals surface area contributed by atoms with E-state index in [4.69, 9.17) is 24.7 Å². The van der Waals surface area contributed by atoms with Crippen LogP contribution in [0.5, 0.6) is 0 Å². The van der Waals surface area contributed by atoms with Crippen molar-refractivity contribution < 1.29 is 64.9 Å². The lowest BCUT2D eigenvalue weighted by atomic mass is 9.55. The highest BCUT2D eigenvalue weighted by Gasteiger charge is 2.83. The third-order valence-electron chi connectivity index (χ3n) is 7.29. The average Bonchev–Trinajstić information content (AvgIpc) is 2.75. The highest BCUT2D eigenvalue weighted by molar-refractivity contribution is 5.80. The number of nitrogens with one attached hydrogen (secondary N) is 1. The number of aliphatic imine (C=N–C) groups is 1. The van der Waals surface area contributed by atoms with Crippen LogP contribution in [0.3, 0.4) is 0 Å². The molecule has 0 aromatic rings. The molecule has 14 atom stereocenters. The first-order chi connectivity index (χ1) is 15.4. The first-order valence-electron chi connectivity index (χ1n) is 10.3. The van der Waals surface area contributed by atoms with Crippen molar-refractivity contribution in [3.63, 3.8) is 0 Å². The van der Waals surface area contributed by atoms with Crippen molar-refractivity contribution in [3.05, 3.63) is 0 Å². The number of rotatable bonds is 4. The van der Waals surface area contributed by atoms with Crippen LogP contribution in [0.15, 0.2) is 4.99 Å². The Kier molecular flexibility index (Phi) is 5.25. The summed E-state index contributed by atoms with van der Waals surface area (Å²) in [7, 11) is 0. The molecular weight excluding hydrogens is 454 g/mol. The number of guanidine groups is 1. The molecular formula is C17H27N3O13. The van der Waals surface area contributed by atoms with Gasteiger partial charge in [0.05, 0.1) is 19.1 Å². The van der Waals surface area contributed by atoms with Gasteiger partial charge in [-0.2, -0.15) is 0 Å². The Morgan fingerprint density at radius 2 is 1.67 bits per heavy atom. The van der Waals surface area contributed by atoms with E-state index in [2.05, 4.69) is 10.3 Å². The minimum absolute atomic E-state index is 0.330. The van der Waals surface area contributed by atoms with Crippen LogP contribution in [-0.2, 0) is 18.9 Å². The van der Waals surface area contributed by atoms with Crippen molar-refractivity contribution in [2.24, 2.45) is 16.6 Å². The zero-order chi connectivity index (χ0) is 24.1. The Bertz CT molecular complexity index is 834. The number of hydrogen-bond acceptors (Lipinski definition) is 16. The molecule has 5 aliphatic heterocycles. The number of nitrogens with two attached hydrogens (primary N) is 1. The quantitative estimate of drug-likeness (QED) is 0.178. The topological polar surface area (TPSA) is 269 Å². The van der Waals surface area contributed by atoms with Crippen molar-refractivity contribution in [2.75, 3.05) is 13.2 Å². The fourth-order valence-corrected chi connectivity index (χ4v) is 5.64. The van der Waals surface area contributed by atoms with E-state index < -0.39 is 97.6 Å². The van der Waals surface area contributed by atoms with Crippen LogP contribution in [0.2, 0.25) is 0 Å². The van der Waals surface area contributed by atoms with Gasteiger partial charge in [-0.3, -0.25) is 0 Å². The van der Waals surface area contributed by atoms with Gasteiger partial charge >= 0.3 is 5.97 Å². The van der Waals surface area contributed by atoms with Gasteiger partial charge in [0.1, 0.15) is 53.9 Å². The molecule has 6 aliphatic rings. The second kappa shape index (κ2) is 7.37. The van der Waals surface area contributed by atoms with E-state index in [9.17, 15) is 46.0 Å². The number of ether oxygens (including phenoxy) is 4. The fourth-order valence-electron chi connectivity index (χ4n) is 5.64. The van der Waals surface area contributed by atoms with Crippen molar-refractivity contribution in [1.82, 2.24) is 5.32 Å². The predicted molar refractivity (Wildman–Crippen MR) is 98.4 cm³/mol. The summed E-state index contributed by atoms with van der Waals surface area (Å²) in [6.07, 6.45) is -16.7. The Labute approximate surface area is 185 Å². The maximum Gasteiger partial charge on any atom is 0.311 e. The first kappa shape index (κ1) is 23.5. The highest BCUT2D eigenvalue weighted by atomic mass is 16.9. The smallest absolute Gasteiger partial charge is 0.311 e. The molecule has 4 bridgehead atoms. The van der Waals surface area contributed by atoms with Gasteiger partial charge in [0.25, 0.3) is 0 Å². The van der Waals surface area contributed by atoms with E-state index in [1.165, 1.54) is 0 Å². The van der Waals surface area contributed by atoms with Gasteiger partial charge in [-0.1, -0.05) is 0 Å². The van der Waals surface area contributed by atoms with Crippen LogP contribution in [0.4, 0.5) is 0 Å². The number of hydrogen-bond donors (Lipinski definition) is 11. The van der Waals surface area contributed by atoms with Gasteiger partial charge in [0.15, 0.2) is 24.6 Å². The molecule has 0 aromatic carbocycles. The van der Waals surface area contributed by atoms with Crippen LogP contribution in [0, 0.1) is 5.92 Å². The largest absolute Gasteiger partial charge is 0.394 e. The second-order valence-electron chi connectivity index (χ2n) is 9.07. The molecule has 4 saturated heterocycles. The third kappa shape index (κ3) is 2.89. The maximum absolute atomic E-state index is 11.5. The van der Waals surface area contributed by atoms with Crippen LogP contribution >= 0.6 is 0 Å². The van der Waals surface area contributed by atoms with E-state index in [-0.39, 0.29) is 5.96 Å². The lowest BCUT2D eigenvalue weighted by Gasteiger charge is -2.71. The molecule has 188 valence electrons. The zero-order valence-electron chi connectivity index (χ0n) is 16.9. The molecule has 1 saturated carbocycles. The predicted octanol–water partition coefficient (Wildman–Crippen LogP) is -7.70. The lowest BCUT2D eigenvalue weighted by molar-refractivity contribution is -0.549. The SMILES string of the molecule is NC1=N[C@H](O)[C@H]2C3O[C@]4(O)OC([C@@H](O)[C@@]2(N1)[C@@H]4O)[C@@]3(O)COC1O[C@@H](CO)[C@@H](O)[C@@H](O)[C@@H]1O. The number of aliphatic hydroxyl groups excluding tert-OH is 7. The minimum Gasteiger partial charge on any atom is -0.394 e. The molecule has 16 nitrogen and oxygen atoms in total. The van der Waals surface area contributed by atoms with Crippen molar-refractivity contribution in [2.45, 2.75) is 78.5 Å². The summed E-state index contributed by atoms with van der Waals surface area (Å²) in [6, 6.07) is 0. The van der Waals surface area contributed by atoms with Gasteiger partial charge < -0.3 is 76.0 Å². The summed E-state index contributed by atoms with van der Waals surface area (Å²) in [6.45, 7) is -1.51. The Hall–Kier alpha value is -1.25. The molecule has 0 amide bonds. The fraction of sp³-hybridized carbons (Fsp3) is 0.941. The van der Waals surface area contributed by atoms with E-state index in [1.54, 1.807) is 0 Å². The second-order valence-corrected chi connectivity index (χ2v) is 9.07. The van der Waals surface area contributed by atoms with E-state index in [0.29, 0.717) is 0 Å². The molecule has 1 spiro atoms. The first-order valence-corrected chi connectivity index (χ1v) is 10.3. The Morgan fingerprint density at radius 1 is 1.00 bits per heavy atom. The zero-order valence-corrected chi connectivity index (χ0v) is 16.9. The molecule has 5 heterocycles. The standard InChI is InChI=1S/C17H27N3O13/c18-14-19-11(26)4-9-15(28,2-30-12-7(24)6(23)5(22)3(1-21)31-12)10-8(25)16(4,20-14)13(27)17(29,32-9)33-10/h3-13,21-29H,1-2H2,(H3,18,19,20)/t3-,4+,5+,6+,7-,8+,9?,10?,11+,12?,13-,15+,16+,17-/m0/s1. The van der Waals surface area contributed by atoms with Gasteiger partial charge in [-0.15, -0.1) is 0 Å². The summed E-state index contributed by atoms with van der Waals surface area (Å²) in [5, 5.41) is 96.5. The van der Waals surface area contributed by atoms with E-state index >= 15 is 0 Å². The molecule has 5 fully saturated rings. The lowest BCUT2D eigenvalue weighted by Crippen LogP contribution is -2.95.